The van der Waals surface area contributed by atoms with E-state index in [9.17, 15) is 10.1 Å². The van der Waals surface area contributed by atoms with Crippen LogP contribution < -0.4 is 0 Å². The molecule has 1 rings (SSSR count). The van der Waals surface area contributed by atoms with Gasteiger partial charge in [-0.05, 0) is 11.5 Å². The molecule has 7 heteroatoms. The van der Waals surface area contributed by atoms with Gasteiger partial charge in [0.2, 0.25) is 0 Å². The van der Waals surface area contributed by atoms with Crippen molar-refractivity contribution in [1.82, 2.24) is 20.3 Å². The summed E-state index contributed by atoms with van der Waals surface area (Å²) in [6.07, 6.45) is 1.47. The lowest BCUT2D eigenvalue weighted by molar-refractivity contribution is -0.564. The summed E-state index contributed by atoms with van der Waals surface area (Å²) in [4.78, 5) is 10.4. The Bertz CT molecular complexity index is 257. The van der Waals surface area contributed by atoms with Crippen molar-refractivity contribution in [2.45, 2.75) is 19.8 Å². The van der Waals surface area contributed by atoms with Gasteiger partial charge in [0.15, 0.2) is 4.91 Å². The maximum absolute atomic E-state index is 10.0. The summed E-state index contributed by atoms with van der Waals surface area (Å²) in [5.41, 5.74) is 0. The van der Waals surface area contributed by atoms with Crippen LogP contribution in [0.5, 0.6) is 0 Å². The van der Waals surface area contributed by atoms with E-state index >= 15 is 0 Å². The van der Waals surface area contributed by atoms with Gasteiger partial charge in [-0.15, -0.1) is 0 Å². The van der Waals surface area contributed by atoms with Gasteiger partial charge in [-0.2, -0.15) is 0 Å². The first-order chi connectivity index (χ1) is 5.24. The van der Waals surface area contributed by atoms with Gasteiger partial charge >= 0.3 is 0 Å². The maximum Gasteiger partial charge on any atom is 0.270 e. The van der Waals surface area contributed by atoms with Gasteiger partial charge in [0.25, 0.3) is 5.82 Å². The van der Waals surface area contributed by atoms with Crippen LogP contribution in [0, 0.1) is 10.1 Å². The summed E-state index contributed by atoms with van der Waals surface area (Å²) < 4.78 is 0. The molecule has 11 heavy (non-hydrogen) atoms. The van der Waals surface area contributed by atoms with E-state index in [4.69, 9.17) is 0 Å². The largest absolute Gasteiger partial charge is 0.372 e. The fraction of sp³-hybridized carbons (Fsp3) is 0.750. The quantitative estimate of drug-likeness (QED) is 0.442. The zero-order chi connectivity index (χ0) is 8.27. The summed E-state index contributed by atoms with van der Waals surface area (Å²) in [5, 5.41) is 19.5. The number of nitro groups is 1. The van der Waals surface area contributed by atoms with Gasteiger partial charge in [0, 0.05) is 16.6 Å². The van der Waals surface area contributed by atoms with E-state index in [0.717, 1.165) is 6.42 Å². The number of aryl methyl sites for hydroxylation is 1. The van der Waals surface area contributed by atoms with E-state index in [2.05, 4.69) is 15.4 Å². The molecule has 0 unspecified atom stereocenters. The molecule has 0 saturated carbocycles. The fourth-order valence-electron chi connectivity index (χ4n) is 0.628. The maximum atomic E-state index is 10.0. The minimum Gasteiger partial charge on any atom is -0.372 e. The molecule has 0 bridgehead atoms. The molecule has 0 aliphatic rings. The number of hydrogen-bond acceptors (Lipinski definition) is 5. The summed E-state index contributed by atoms with van der Waals surface area (Å²) in [6, 6.07) is 0. The highest BCUT2D eigenvalue weighted by molar-refractivity contribution is 4.74. The van der Waals surface area contributed by atoms with E-state index in [1.54, 1.807) is 0 Å². The molecule has 7 nitrogen and oxygen atoms in total. The monoisotopic (exact) mass is 157 g/mol. The minimum absolute atomic E-state index is 0.366. The predicted octanol–water partition coefficient (Wildman–Crippen LogP) is -0.335. The fourth-order valence-corrected chi connectivity index (χ4v) is 0.628. The zero-order valence-electron chi connectivity index (χ0n) is 5.97. The Morgan fingerprint density at radius 3 is 2.91 bits per heavy atom. The van der Waals surface area contributed by atoms with Crippen molar-refractivity contribution >= 4 is 0 Å². The highest BCUT2D eigenvalue weighted by Crippen LogP contribution is 1.90. The first-order valence-corrected chi connectivity index (χ1v) is 3.17. The third-order valence-electron chi connectivity index (χ3n) is 1.06. The molecule has 0 aliphatic carbocycles. The van der Waals surface area contributed by atoms with Crippen LogP contribution in [-0.4, -0.2) is 25.3 Å². The average molecular weight is 157 g/mol. The lowest BCUT2D eigenvalue weighted by Gasteiger charge is -1.84. The van der Waals surface area contributed by atoms with Crippen molar-refractivity contribution in [1.29, 1.82) is 0 Å². The van der Waals surface area contributed by atoms with Gasteiger partial charge in [-0.3, -0.25) is 0 Å². The van der Waals surface area contributed by atoms with Crippen LogP contribution in [0.4, 0.5) is 0 Å². The van der Waals surface area contributed by atoms with Crippen LogP contribution in [0.15, 0.2) is 0 Å². The standard InChI is InChI=1S/C4H7N5O2/c1-2-3-4-5-7-8(6-4)9(10)11/h2-3H2,1H3. The molecule has 0 saturated heterocycles. The first-order valence-electron chi connectivity index (χ1n) is 3.17. The lowest BCUT2D eigenvalue weighted by Crippen LogP contribution is -2.12. The lowest BCUT2D eigenvalue weighted by atomic mass is 10.3. The molecule has 0 aliphatic heterocycles. The van der Waals surface area contributed by atoms with Gasteiger partial charge < -0.3 is 10.1 Å². The molecule has 1 aromatic rings. The number of aromatic nitrogens is 4. The second kappa shape index (κ2) is 3.04. The summed E-state index contributed by atoms with van der Waals surface area (Å²) in [6.45, 7) is 1.94. The number of hydrogen-bond donors (Lipinski definition) is 0. The Hall–Kier alpha value is -1.53. The topological polar surface area (TPSA) is 86.7 Å². The molecule has 0 radical (unpaired) electrons. The van der Waals surface area contributed by atoms with Gasteiger partial charge in [-0.25, -0.2) is 0 Å². The number of rotatable bonds is 3. The van der Waals surface area contributed by atoms with Crippen molar-refractivity contribution in [2.24, 2.45) is 0 Å². The van der Waals surface area contributed by atoms with E-state index in [1.165, 1.54) is 0 Å². The molecule has 60 valence electrons. The third kappa shape index (κ3) is 1.69. The van der Waals surface area contributed by atoms with Crippen molar-refractivity contribution in [3.63, 3.8) is 0 Å². The van der Waals surface area contributed by atoms with E-state index in [0.29, 0.717) is 17.2 Å². The molecule has 1 aromatic heterocycles. The average Bonchev–Trinajstić information content (AvgIpc) is 2.37. The van der Waals surface area contributed by atoms with Crippen molar-refractivity contribution in [2.75, 3.05) is 0 Å². The summed E-state index contributed by atoms with van der Waals surface area (Å²) >= 11 is 0. The predicted molar refractivity (Wildman–Crippen MR) is 34.2 cm³/mol. The normalized spacial score (nSPS) is 9.91. The highest BCUT2D eigenvalue weighted by atomic mass is 16.7. The molecular weight excluding hydrogens is 150 g/mol. The van der Waals surface area contributed by atoms with Gasteiger partial charge in [0.05, 0.1) is 0 Å². The van der Waals surface area contributed by atoms with Gasteiger partial charge in [0.1, 0.15) is 5.21 Å². The van der Waals surface area contributed by atoms with E-state index in [-0.39, 0.29) is 0 Å². The van der Waals surface area contributed by atoms with Crippen LogP contribution in [0.2, 0.25) is 0 Å². The second-order valence-corrected chi connectivity index (χ2v) is 1.96. The van der Waals surface area contributed by atoms with E-state index in [1.807, 2.05) is 6.92 Å². The smallest absolute Gasteiger partial charge is 0.270 e. The summed E-state index contributed by atoms with van der Waals surface area (Å²) in [5.74, 6) is 0.407. The molecule has 1 heterocycles. The Labute approximate surface area is 62.1 Å². The summed E-state index contributed by atoms with van der Waals surface area (Å²) in [7, 11) is 0. The second-order valence-electron chi connectivity index (χ2n) is 1.96. The zero-order valence-corrected chi connectivity index (χ0v) is 5.97. The van der Waals surface area contributed by atoms with Crippen molar-refractivity contribution in [3.05, 3.63) is 15.9 Å². The van der Waals surface area contributed by atoms with Gasteiger partial charge in [-0.1, -0.05) is 6.92 Å². The number of nitrogens with zero attached hydrogens (tertiary/aromatic N) is 5. The Morgan fingerprint density at radius 2 is 2.45 bits per heavy atom. The molecular formula is C4H7N5O2. The van der Waals surface area contributed by atoms with Crippen LogP contribution in [-0.2, 0) is 6.42 Å². The third-order valence-corrected chi connectivity index (χ3v) is 1.06. The van der Waals surface area contributed by atoms with Crippen LogP contribution in [0.3, 0.4) is 0 Å². The highest BCUT2D eigenvalue weighted by Gasteiger charge is 2.10. The molecule has 0 fully saturated rings. The Morgan fingerprint density at radius 1 is 1.73 bits per heavy atom. The van der Waals surface area contributed by atoms with E-state index < -0.39 is 5.03 Å². The van der Waals surface area contributed by atoms with Crippen LogP contribution in [0.25, 0.3) is 0 Å². The van der Waals surface area contributed by atoms with Crippen molar-refractivity contribution in [3.8, 4) is 0 Å². The number of tetrazole rings is 1. The molecule has 0 amide bonds. The molecule has 0 N–H and O–H groups in total. The molecule has 0 aromatic carbocycles. The first kappa shape index (κ1) is 7.58. The molecule has 0 spiro atoms. The van der Waals surface area contributed by atoms with Crippen LogP contribution >= 0.6 is 0 Å². The Kier molecular flexibility index (Phi) is 2.09. The Balaban J connectivity index is 2.73. The molecule has 0 atom stereocenters. The minimum atomic E-state index is -0.730. The SMILES string of the molecule is CCCc1nnn([N+](=O)[O-])n1. The van der Waals surface area contributed by atoms with Crippen LogP contribution in [0.1, 0.15) is 19.2 Å². The van der Waals surface area contributed by atoms with Crippen molar-refractivity contribution < 1.29 is 5.03 Å².